The Balaban J connectivity index is 1.42. The molecule has 1 unspecified atom stereocenters. The molecule has 0 spiro atoms. The van der Waals surface area contributed by atoms with Gasteiger partial charge in [0.1, 0.15) is 23.8 Å². The highest BCUT2D eigenvalue weighted by Crippen LogP contribution is 2.41. The zero-order chi connectivity index (χ0) is 25.9. The SMILES string of the molecule is O=C(COc1ccccc1)NC1C(=O)N2C(C(=O)OCC(Cl)(Cl)Cl)=C(OC(=O)OCC3CC3)CS[C@@H]12. The topological polar surface area (TPSA) is 120 Å². The van der Waals surface area contributed by atoms with Crippen molar-refractivity contribution >= 4 is 70.5 Å². The largest absolute Gasteiger partial charge is 0.513 e. The number of hydrogen-bond donors (Lipinski definition) is 1. The fourth-order valence-corrected chi connectivity index (χ4v) is 4.77. The van der Waals surface area contributed by atoms with Crippen molar-refractivity contribution in [3.05, 3.63) is 41.8 Å². The molecule has 1 saturated heterocycles. The Kier molecular flexibility index (Phi) is 8.44. The number of esters is 1. The molecular formula is C22H21Cl3N2O8S. The van der Waals surface area contributed by atoms with Crippen LogP contribution in [-0.2, 0) is 28.6 Å². The summed E-state index contributed by atoms with van der Waals surface area (Å²) in [5, 5.41) is 1.95. The number of ether oxygens (including phenoxy) is 4. The van der Waals surface area contributed by atoms with Gasteiger partial charge in [0.2, 0.25) is 3.79 Å². The predicted octanol–water partition coefficient (Wildman–Crippen LogP) is 3.15. The number of thioether (sulfide) groups is 1. The van der Waals surface area contributed by atoms with E-state index >= 15 is 0 Å². The first-order chi connectivity index (χ1) is 17.1. The van der Waals surface area contributed by atoms with Crippen LogP contribution in [0.5, 0.6) is 5.75 Å². The van der Waals surface area contributed by atoms with Gasteiger partial charge in [-0.25, -0.2) is 9.59 Å². The van der Waals surface area contributed by atoms with Crippen molar-refractivity contribution in [3.63, 3.8) is 0 Å². The molecule has 0 bridgehead atoms. The first-order valence-electron chi connectivity index (χ1n) is 10.9. The second-order valence-electron chi connectivity index (χ2n) is 8.13. The maximum Gasteiger partial charge on any atom is 0.513 e. The van der Waals surface area contributed by atoms with Crippen LogP contribution in [0.25, 0.3) is 0 Å². The lowest BCUT2D eigenvalue weighted by Crippen LogP contribution is -2.71. The number of β-lactam (4-membered cyclic amide) rings is 1. The van der Waals surface area contributed by atoms with Crippen molar-refractivity contribution < 1.29 is 38.1 Å². The van der Waals surface area contributed by atoms with E-state index in [-0.39, 0.29) is 30.4 Å². The fourth-order valence-electron chi connectivity index (χ4n) is 3.36. The quantitative estimate of drug-likeness (QED) is 0.267. The van der Waals surface area contributed by atoms with E-state index < -0.39 is 45.8 Å². The van der Waals surface area contributed by atoms with Gasteiger partial charge in [-0.1, -0.05) is 53.0 Å². The Labute approximate surface area is 225 Å². The number of hydrogen-bond acceptors (Lipinski definition) is 9. The smallest absolute Gasteiger partial charge is 0.484 e. The maximum absolute atomic E-state index is 12.9. The van der Waals surface area contributed by atoms with Gasteiger partial charge >= 0.3 is 12.1 Å². The van der Waals surface area contributed by atoms with E-state index in [2.05, 4.69) is 5.32 Å². The third-order valence-electron chi connectivity index (χ3n) is 5.26. The summed E-state index contributed by atoms with van der Waals surface area (Å²) < 4.78 is 18.8. The van der Waals surface area contributed by atoms with E-state index in [0.717, 1.165) is 17.7 Å². The molecule has 2 amide bonds. The monoisotopic (exact) mass is 578 g/mol. The molecule has 1 aromatic rings. The van der Waals surface area contributed by atoms with E-state index in [1.807, 2.05) is 6.07 Å². The van der Waals surface area contributed by atoms with Gasteiger partial charge < -0.3 is 24.3 Å². The zero-order valence-corrected chi connectivity index (χ0v) is 21.7. The van der Waals surface area contributed by atoms with Crippen molar-refractivity contribution in [2.75, 3.05) is 25.6 Å². The van der Waals surface area contributed by atoms with Gasteiger partial charge in [-0.05, 0) is 30.9 Å². The van der Waals surface area contributed by atoms with Gasteiger partial charge in [0, 0.05) is 0 Å². The molecule has 1 aromatic carbocycles. The molecule has 36 heavy (non-hydrogen) atoms. The average molecular weight is 580 g/mol. The number of fused-ring (bicyclic) bond motifs is 1. The van der Waals surface area contributed by atoms with Gasteiger partial charge in [0.25, 0.3) is 11.8 Å². The fraction of sp³-hybridized carbons (Fsp3) is 0.455. The van der Waals surface area contributed by atoms with Crippen LogP contribution in [0.15, 0.2) is 41.8 Å². The van der Waals surface area contributed by atoms with Crippen LogP contribution >= 0.6 is 46.6 Å². The van der Waals surface area contributed by atoms with Crippen molar-refractivity contribution in [1.29, 1.82) is 0 Å². The molecule has 2 atom stereocenters. The summed E-state index contributed by atoms with van der Waals surface area (Å²) >= 11 is 18.2. The number of benzene rings is 1. The Hall–Kier alpha value is -2.34. The number of para-hydroxylation sites is 1. The molecule has 2 fully saturated rings. The Morgan fingerprint density at radius 3 is 2.50 bits per heavy atom. The van der Waals surface area contributed by atoms with Gasteiger partial charge in [-0.15, -0.1) is 11.8 Å². The van der Waals surface area contributed by atoms with E-state index in [9.17, 15) is 19.2 Å². The van der Waals surface area contributed by atoms with Gasteiger partial charge in [0.15, 0.2) is 18.1 Å². The van der Waals surface area contributed by atoms with Gasteiger partial charge in [0.05, 0.1) is 12.4 Å². The highest BCUT2D eigenvalue weighted by atomic mass is 35.6. The van der Waals surface area contributed by atoms with Crippen LogP contribution < -0.4 is 10.1 Å². The second-order valence-corrected chi connectivity index (χ2v) is 11.7. The summed E-state index contributed by atoms with van der Waals surface area (Å²) in [5.74, 6) is -1.45. The van der Waals surface area contributed by atoms with Crippen LogP contribution in [0.1, 0.15) is 12.8 Å². The molecular weight excluding hydrogens is 559 g/mol. The lowest BCUT2D eigenvalue weighted by atomic mass is 10.0. The molecule has 1 N–H and O–H groups in total. The molecule has 0 aromatic heterocycles. The summed E-state index contributed by atoms with van der Waals surface area (Å²) in [6.07, 6.45) is 0.931. The van der Waals surface area contributed by atoms with Gasteiger partial charge in [-0.3, -0.25) is 14.5 Å². The highest BCUT2D eigenvalue weighted by molar-refractivity contribution is 8.00. The van der Waals surface area contributed by atoms with Gasteiger partial charge in [-0.2, -0.15) is 0 Å². The Morgan fingerprint density at radius 1 is 1.11 bits per heavy atom. The summed E-state index contributed by atoms with van der Waals surface area (Å²) in [7, 11) is 0. The zero-order valence-electron chi connectivity index (χ0n) is 18.6. The first kappa shape index (κ1) is 26.7. The van der Waals surface area contributed by atoms with E-state index in [4.69, 9.17) is 53.8 Å². The van der Waals surface area contributed by atoms with Crippen molar-refractivity contribution in [2.24, 2.45) is 5.92 Å². The normalized spacial score (nSPS) is 21.2. The predicted molar refractivity (Wildman–Crippen MR) is 130 cm³/mol. The van der Waals surface area contributed by atoms with E-state index in [1.165, 1.54) is 11.8 Å². The number of alkyl halides is 3. The number of nitrogens with one attached hydrogen (secondary N) is 1. The number of nitrogens with zero attached hydrogens (tertiary/aromatic N) is 1. The van der Waals surface area contributed by atoms with Crippen LogP contribution in [-0.4, -0.2) is 69.6 Å². The van der Waals surface area contributed by atoms with Crippen LogP contribution in [0.2, 0.25) is 0 Å². The average Bonchev–Trinajstić information content (AvgIpc) is 3.68. The van der Waals surface area contributed by atoms with E-state index in [0.29, 0.717) is 11.7 Å². The van der Waals surface area contributed by atoms with Crippen LogP contribution in [0, 0.1) is 5.92 Å². The lowest BCUT2D eigenvalue weighted by Gasteiger charge is -2.49. The van der Waals surface area contributed by atoms with Crippen molar-refractivity contribution in [1.82, 2.24) is 10.2 Å². The molecule has 2 aliphatic heterocycles. The van der Waals surface area contributed by atoms with Crippen LogP contribution in [0.4, 0.5) is 4.79 Å². The molecule has 14 heteroatoms. The number of carbonyl (C=O) groups excluding carboxylic acids is 4. The van der Waals surface area contributed by atoms with E-state index in [1.54, 1.807) is 24.3 Å². The molecule has 2 heterocycles. The minimum atomic E-state index is -1.89. The molecule has 1 aliphatic carbocycles. The molecule has 10 nitrogen and oxygen atoms in total. The third kappa shape index (κ3) is 6.90. The number of rotatable bonds is 9. The van der Waals surface area contributed by atoms with Crippen molar-refractivity contribution in [2.45, 2.75) is 28.0 Å². The second kappa shape index (κ2) is 11.4. The number of carbonyl (C=O) groups is 4. The molecule has 1 saturated carbocycles. The molecule has 0 radical (unpaired) electrons. The minimum Gasteiger partial charge on any atom is -0.484 e. The number of halogens is 3. The highest BCUT2D eigenvalue weighted by Gasteiger charge is 2.55. The van der Waals surface area contributed by atoms with Crippen molar-refractivity contribution in [3.8, 4) is 5.75 Å². The number of amides is 2. The third-order valence-corrected chi connectivity index (χ3v) is 6.84. The minimum absolute atomic E-state index is 0.0259. The molecule has 3 aliphatic rings. The molecule has 4 rings (SSSR count). The summed E-state index contributed by atoms with van der Waals surface area (Å²) in [6.45, 7) is -0.701. The molecule has 194 valence electrons. The lowest BCUT2D eigenvalue weighted by molar-refractivity contribution is -0.153. The Bertz CT molecular complexity index is 1060. The standard InChI is InChI=1S/C22H21Cl3N2O8S/c23-22(24,25)11-34-20(30)17-14(35-21(31)33-8-12-6-7-12)10-36-19-16(18(29)27(17)19)26-15(28)9-32-13-4-2-1-3-5-13/h1-5,12,16,19H,6-11H2,(H,26,28)/t16?,19-/m0/s1. The summed E-state index contributed by atoms with van der Waals surface area (Å²) in [6, 6.07) is 7.78. The summed E-state index contributed by atoms with van der Waals surface area (Å²) in [5.41, 5.74) is -0.313. The summed E-state index contributed by atoms with van der Waals surface area (Å²) in [4.78, 5) is 51.4. The Morgan fingerprint density at radius 2 is 1.83 bits per heavy atom. The first-order valence-corrected chi connectivity index (χ1v) is 13.0. The van der Waals surface area contributed by atoms with Crippen LogP contribution in [0.3, 0.4) is 0 Å². The maximum atomic E-state index is 12.9.